The van der Waals surface area contributed by atoms with Crippen molar-refractivity contribution in [3.63, 3.8) is 0 Å². The molecule has 1 heterocycles. The van der Waals surface area contributed by atoms with Crippen molar-refractivity contribution in [2.75, 3.05) is 19.6 Å². The molecule has 1 aliphatic rings. The molecule has 0 aliphatic carbocycles. The van der Waals surface area contributed by atoms with Crippen molar-refractivity contribution >= 4 is 0 Å². The second-order valence-corrected chi connectivity index (χ2v) is 9.22. The summed E-state index contributed by atoms with van der Waals surface area (Å²) in [6.07, 6.45) is 3.55. The van der Waals surface area contributed by atoms with E-state index in [9.17, 15) is 10.2 Å². The lowest BCUT2D eigenvalue weighted by Crippen LogP contribution is -2.36. The fraction of sp³-hybridized carbons (Fsp3) is 0.379. The second-order valence-electron chi connectivity index (χ2n) is 9.22. The number of rotatable bonds is 9. The molecule has 3 aromatic carbocycles. The Morgan fingerprint density at radius 1 is 0.788 bits per heavy atom. The molecule has 3 aromatic rings. The second kappa shape index (κ2) is 11.5. The van der Waals surface area contributed by atoms with Crippen LogP contribution in [0, 0.1) is 5.92 Å². The average molecular weight is 446 g/mol. The van der Waals surface area contributed by atoms with Crippen LogP contribution in [-0.2, 0) is 6.61 Å². The van der Waals surface area contributed by atoms with Gasteiger partial charge in [-0.05, 0) is 85.6 Å². The van der Waals surface area contributed by atoms with Crippen LogP contribution in [0.5, 0.6) is 5.75 Å². The third-order valence-electron chi connectivity index (χ3n) is 7.01. The Morgan fingerprint density at radius 3 is 2.03 bits per heavy atom. The lowest BCUT2D eigenvalue weighted by molar-refractivity contribution is 0.139. The zero-order valence-electron chi connectivity index (χ0n) is 19.2. The Bertz CT molecular complexity index is 964. The van der Waals surface area contributed by atoms with Gasteiger partial charge in [0.2, 0.25) is 0 Å². The largest absolute Gasteiger partial charge is 0.508 e. The zero-order valence-corrected chi connectivity index (χ0v) is 19.2. The Labute approximate surface area is 197 Å². The number of nitrogens with zero attached hydrogens (tertiary/aromatic N) is 1. The van der Waals surface area contributed by atoms with Crippen LogP contribution in [0.15, 0.2) is 78.9 Å². The first-order chi connectivity index (χ1) is 16.1. The predicted molar refractivity (Wildman–Crippen MR) is 132 cm³/mol. The van der Waals surface area contributed by atoms with Crippen LogP contribution in [0.2, 0.25) is 0 Å². The predicted octanol–water partition coefficient (Wildman–Crippen LogP) is 5.24. The maximum Gasteiger partial charge on any atom is 0.115 e. The van der Waals surface area contributed by atoms with Crippen molar-refractivity contribution in [3.05, 3.63) is 101 Å². The van der Waals surface area contributed by atoms with Crippen LogP contribution in [-0.4, -0.2) is 39.9 Å². The van der Waals surface area contributed by atoms with Crippen molar-refractivity contribution in [1.82, 2.24) is 4.90 Å². The topological polar surface area (TPSA) is 63.9 Å². The first-order valence-electron chi connectivity index (χ1n) is 12.1. The highest BCUT2D eigenvalue weighted by molar-refractivity contribution is 5.36. The first kappa shape index (κ1) is 23.5. The molecule has 174 valence electrons. The van der Waals surface area contributed by atoms with Crippen molar-refractivity contribution in [2.45, 2.75) is 44.3 Å². The summed E-state index contributed by atoms with van der Waals surface area (Å²) in [5.74, 6) is 1.23. The lowest BCUT2D eigenvalue weighted by Gasteiger charge is -2.37. The average Bonchev–Trinajstić information content (AvgIpc) is 2.87. The van der Waals surface area contributed by atoms with E-state index in [4.69, 9.17) is 5.11 Å². The van der Waals surface area contributed by atoms with Crippen LogP contribution in [0.1, 0.15) is 60.0 Å². The van der Waals surface area contributed by atoms with Gasteiger partial charge in [0.25, 0.3) is 0 Å². The summed E-state index contributed by atoms with van der Waals surface area (Å²) in [7, 11) is 0. The minimum absolute atomic E-state index is 0.0319. The van der Waals surface area contributed by atoms with E-state index in [1.807, 2.05) is 24.3 Å². The SMILES string of the molecule is OCc1ccc(C(O)CCCN2CCC(C(c3ccccc3)c3ccc(O)cc3)CC2)cc1. The van der Waals surface area contributed by atoms with Crippen LogP contribution >= 0.6 is 0 Å². The standard InChI is InChI=1S/C29H35NO3/c31-21-22-8-10-23(11-9-22)28(33)7-4-18-30-19-16-26(17-20-30)29(24-5-2-1-3-6-24)25-12-14-27(32)15-13-25/h1-3,5-6,8-15,26,28-29,31-33H,4,7,16-21H2. The van der Waals surface area contributed by atoms with Crippen LogP contribution in [0.25, 0.3) is 0 Å². The Hall–Kier alpha value is -2.66. The Kier molecular flexibility index (Phi) is 8.16. The van der Waals surface area contributed by atoms with Crippen LogP contribution in [0.3, 0.4) is 0 Å². The van der Waals surface area contributed by atoms with E-state index in [2.05, 4.69) is 47.4 Å². The van der Waals surface area contributed by atoms with E-state index in [-0.39, 0.29) is 6.61 Å². The van der Waals surface area contributed by atoms with E-state index in [1.54, 1.807) is 12.1 Å². The van der Waals surface area contributed by atoms with Gasteiger partial charge in [-0.3, -0.25) is 0 Å². The van der Waals surface area contributed by atoms with Crippen molar-refractivity contribution < 1.29 is 15.3 Å². The van der Waals surface area contributed by atoms with Gasteiger partial charge in [0.15, 0.2) is 0 Å². The molecule has 1 aliphatic heterocycles. The Morgan fingerprint density at radius 2 is 1.39 bits per heavy atom. The molecule has 4 nitrogen and oxygen atoms in total. The van der Waals surface area contributed by atoms with Gasteiger partial charge in [0, 0.05) is 5.92 Å². The molecule has 3 N–H and O–H groups in total. The molecule has 0 saturated carbocycles. The summed E-state index contributed by atoms with van der Waals surface area (Å²) in [6.45, 7) is 3.19. The minimum atomic E-state index is -0.452. The molecule has 0 aromatic heterocycles. The third kappa shape index (κ3) is 6.23. The number of hydrogen-bond donors (Lipinski definition) is 3. The number of benzene rings is 3. The van der Waals surface area contributed by atoms with Crippen LogP contribution in [0.4, 0.5) is 0 Å². The van der Waals surface area contributed by atoms with Gasteiger partial charge in [-0.1, -0.05) is 66.7 Å². The summed E-state index contributed by atoms with van der Waals surface area (Å²) in [4.78, 5) is 2.52. The van der Waals surface area contributed by atoms with Crippen molar-refractivity contribution in [2.24, 2.45) is 5.92 Å². The molecule has 0 spiro atoms. The number of phenolic OH excluding ortho intramolecular Hbond substituents is 1. The number of aromatic hydroxyl groups is 1. The number of aliphatic hydroxyl groups is 2. The molecule has 1 fully saturated rings. The molecule has 33 heavy (non-hydrogen) atoms. The molecule has 1 saturated heterocycles. The van der Waals surface area contributed by atoms with Gasteiger partial charge < -0.3 is 20.2 Å². The monoisotopic (exact) mass is 445 g/mol. The summed E-state index contributed by atoms with van der Waals surface area (Å²) in [6, 6.07) is 26.0. The molecule has 4 rings (SSSR count). The van der Waals surface area contributed by atoms with Gasteiger partial charge in [0.05, 0.1) is 12.7 Å². The fourth-order valence-electron chi connectivity index (χ4n) is 5.11. The van der Waals surface area contributed by atoms with Crippen LogP contribution < -0.4 is 0 Å². The number of aliphatic hydroxyl groups excluding tert-OH is 2. The fourth-order valence-corrected chi connectivity index (χ4v) is 5.11. The highest BCUT2D eigenvalue weighted by Gasteiger charge is 2.28. The minimum Gasteiger partial charge on any atom is -0.508 e. The van der Waals surface area contributed by atoms with E-state index in [1.165, 1.54) is 11.1 Å². The quantitative estimate of drug-likeness (QED) is 0.421. The molecule has 0 amide bonds. The number of hydrogen-bond acceptors (Lipinski definition) is 4. The lowest BCUT2D eigenvalue weighted by atomic mass is 9.76. The van der Waals surface area contributed by atoms with Gasteiger partial charge in [0.1, 0.15) is 5.75 Å². The zero-order chi connectivity index (χ0) is 23.0. The third-order valence-corrected chi connectivity index (χ3v) is 7.01. The number of likely N-dealkylation sites (tertiary alicyclic amines) is 1. The molecular weight excluding hydrogens is 410 g/mol. The number of piperidine rings is 1. The van der Waals surface area contributed by atoms with Crippen molar-refractivity contribution in [1.29, 1.82) is 0 Å². The molecule has 4 heteroatoms. The van der Waals surface area contributed by atoms with E-state index in [0.29, 0.717) is 17.6 Å². The Balaban J connectivity index is 1.30. The maximum atomic E-state index is 10.5. The van der Waals surface area contributed by atoms with E-state index >= 15 is 0 Å². The molecule has 2 atom stereocenters. The van der Waals surface area contributed by atoms with Crippen molar-refractivity contribution in [3.8, 4) is 5.75 Å². The highest BCUT2D eigenvalue weighted by atomic mass is 16.3. The smallest absolute Gasteiger partial charge is 0.115 e. The first-order valence-corrected chi connectivity index (χ1v) is 12.1. The van der Waals surface area contributed by atoms with Gasteiger partial charge >= 0.3 is 0 Å². The highest BCUT2D eigenvalue weighted by Crippen LogP contribution is 2.38. The normalized spacial score (nSPS) is 17.0. The van der Waals surface area contributed by atoms with E-state index < -0.39 is 6.10 Å². The summed E-state index contributed by atoms with van der Waals surface area (Å²) >= 11 is 0. The molecular formula is C29H35NO3. The van der Waals surface area contributed by atoms with Gasteiger partial charge in [-0.25, -0.2) is 0 Å². The summed E-state index contributed by atoms with van der Waals surface area (Å²) in [5, 5.41) is 29.4. The van der Waals surface area contributed by atoms with Gasteiger partial charge in [-0.15, -0.1) is 0 Å². The summed E-state index contributed by atoms with van der Waals surface area (Å²) in [5.41, 5.74) is 4.41. The molecule has 0 radical (unpaired) electrons. The van der Waals surface area contributed by atoms with E-state index in [0.717, 1.165) is 56.4 Å². The van der Waals surface area contributed by atoms with Gasteiger partial charge in [-0.2, -0.15) is 0 Å². The molecule has 0 bridgehead atoms. The molecule has 2 unspecified atom stereocenters. The number of phenols is 1. The summed E-state index contributed by atoms with van der Waals surface area (Å²) < 4.78 is 0. The maximum absolute atomic E-state index is 10.5.